The lowest BCUT2D eigenvalue weighted by molar-refractivity contribution is -0.144. The largest absolute Gasteiger partial charge is 0.461 e. The van der Waals surface area contributed by atoms with Gasteiger partial charge in [-0.2, -0.15) is 0 Å². The molecule has 132 valence electrons. The summed E-state index contributed by atoms with van der Waals surface area (Å²) in [6.45, 7) is 2.17. The van der Waals surface area contributed by atoms with Gasteiger partial charge in [0.15, 0.2) is 0 Å². The summed E-state index contributed by atoms with van der Waals surface area (Å²) in [7, 11) is 0. The Bertz CT molecular complexity index is 744. The van der Waals surface area contributed by atoms with Crippen molar-refractivity contribution in [3.05, 3.63) is 54.1 Å². The average molecular weight is 345 g/mol. The van der Waals surface area contributed by atoms with Crippen LogP contribution in [0.3, 0.4) is 0 Å². The maximum absolute atomic E-state index is 13.3. The molecule has 25 heavy (non-hydrogen) atoms. The first-order valence-electron chi connectivity index (χ1n) is 8.45. The van der Waals surface area contributed by atoms with Crippen LogP contribution in [-0.2, 0) is 16.1 Å². The number of rotatable bonds is 5. The summed E-state index contributed by atoms with van der Waals surface area (Å²) in [6, 6.07) is 15.4. The molecule has 0 N–H and O–H groups in total. The number of hydrogen-bond acceptors (Lipinski definition) is 3. The molecule has 1 aliphatic heterocycles. The highest BCUT2D eigenvalue weighted by atomic mass is 19.3. The maximum atomic E-state index is 13.3. The van der Waals surface area contributed by atoms with E-state index >= 15 is 0 Å². The summed E-state index contributed by atoms with van der Waals surface area (Å²) in [5.41, 5.74) is 3.73. The van der Waals surface area contributed by atoms with E-state index < -0.39 is 5.92 Å². The summed E-state index contributed by atoms with van der Waals surface area (Å²) >= 11 is 0. The molecule has 0 aliphatic carbocycles. The SMILES string of the molecule is CCC(=O)OCc1cccc(-c2ccc(N3CCC(F)(F)C3)cc2)c1. The smallest absolute Gasteiger partial charge is 0.305 e. The second-order valence-corrected chi connectivity index (χ2v) is 6.29. The quantitative estimate of drug-likeness (QED) is 0.739. The molecule has 0 bridgehead atoms. The lowest BCUT2D eigenvalue weighted by Crippen LogP contribution is -2.24. The molecule has 0 unspecified atom stereocenters. The molecule has 2 aromatic carbocycles. The van der Waals surface area contributed by atoms with Crippen LogP contribution in [0.2, 0.25) is 0 Å². The molecule has 1 saturated heterocycles. The Kier molecular flexibility index (Phi) is 5.02. The van der Waals surface area contributed by atoms with E-state index in [1.165, 1.54) is 0 Å². The molecule has 3 nitrogen and oxygen atoms in total. The topological polar surface area (TPSA) is 29.5 Å². The van der Waals surface area contributed by atoms with Crippen molar-refractivity contribution in [3.63, 3.8) is 0 Å². The summed E-state index contributed by atoms with van der Waals surface area (Å²) in [5.74, 6) is -2.82. The third-order valence-corrected chi connectivity index (χ3v) is 4.35. The normalized spacial score (nSPS) is 16.0. The summed E-state index contributed by atoms with van der Waals surface area (Å²) in [4.78, 5) is 13.0. The first-order chi connectivity index (χ1) is 12.0. The summed E-state index contributed by atoms with van der Waals surface area (Å²) in [5, 5.41) is 0. The molecule has 1 fully saturated rings. The number of nitrogens with zero attached hydrogens (tertiary/aromatic N) is 1. The molecule has 0 atom stereocenters. The van der Waals surface area contributed by atoms with E-state index in [2.05, 4.69) is 0 Å². The predicted molar refractivity (Wildman–Crippen MR) is 93.7 cm³/mol. The minimum Gasteiger partial charge on any atom is -0.461 e. The molecule has 3 rings (SSSR count). The van der Waals surface area contributed by atoms with Crippen molar-refractivity contribution in [2.45, 2.75) is 32.3 Å². The maximum Gasteiger partial charge on any atom is 0.305 e. The summed E-state index contributed by atoms with van der Waals surface area (Å²) < 4.78 is 31.9. The number of benzene rings is 2. The van der Waals surface area contributed by atoms with Crippen LogP contribution in [0.15, 0.2) is 48.5 Å². The monoisotopic (exact) mass is 345 g/mol. The third-order valence-electron chi connectivity index (χ3n) is 4.35. The number of anilines is 1. The number of halogens is 2. The first-order valence-corrected chi connectivity index (χ1v) is 8.45. The van der Waals surface area contributed by atoms with Crippen molar-refractivity contribution in [1.29, 1.82) is 0 Å². The Morgan fingerprint density at radius 2 is 1.92 bits per heavy atom. The average Bonchev–Trinajstić information content (AvgIpc) is 3.00. The zero-order valence-corrected chi connectivity index (χ0v) is 14.2. The molecule has 1 aliphatic rings. The van der Waals surface area contributed by atoms with Crippen LogP contribution in [0, 0.1) is 0 Å². The minimum absolute atomic E-state index is 0.0900. The van der Waals surface area contributed by atoms with E-state index in [0.717, 1.165) is 22.4 Å². The number of esters is 1. The van der Waals surface area contributed by atoms with Crippen LogP contribution in [0.1, 0.15) is 25.3 Å². The van der Waals surface area contributed by atoms with Gasteiger partial charge in [0.05, 0.1) is 6.54 Å². The van der Waals surface area contributed by atoms with Gasteiger partial charge in [0.1, 0.15) is 6.61 Å². The molecule has 2 aromatic rings. The van der Waals surface area contributed by atoms with Crippen molar-refractivity contribution in [2.75, 3.05) is 18.0 Å². The van der Waals surface area contributed by atoms with Gasteiger partial charge >= 0.3 is 5.97 Å². The minimum atomic E-state index is -2.59. The first kappa shape index (κ1) is 17.4. The summed E-state index contributed by atoms with van der Waals surface area (Å²) in [6.07, 6.45) is 0.268. The lowest BCUT2D eigenvalue weighted by Gasteiger charge is -2.18. The van der Waals surface area contributed by atoms with Gasteiger partial charge in [-0.15, -0.1) is 0 Å². The van der Waals surface area contributed by atoms with Crippen LogP contribution in [0.4, 0.5) is 14.5 Å². The molecule has 0 amide bonds. The second kappa shape index (κ2) is 7.21. The lowest BCUT2D eigenvalue weighted by atomic mass is 10.0. The Balaban J connectivity index is 1.71. The van der Waals surface area contributed by atoms with Crippen molar-refractivity contribution < 1.29 is 18.3 Å². The van der Waals surface area contributed by atoms with Crippen LogP contribution in [0.5, 0.6) is 0 Å². The van der Waals surface area contributed by atoms with E-state index in [1.807, 2.05) is 48.5 Å². The molecule has 5 heteroatoms. The number of ether oxygens (including phenoxy) is 1. The highest BCUT2D eigenvalue weighted by Crippen LogP contribution is 2.32. The van der Waals surface area contributed by atoms with Gasteiger partial charge < -0.3 is 9.64 Å². The highest BCUT2D eigenvalue weighted by molar-refractivity contribution is 5.69. The van der Waals surface area contributed by atoms with Gasteiger partial charge in [0.25, 0.3) is 5.92 Å². The van der Waals surface area contributed by atoms with E-state index in [1.54, 1.807) is 11.8 Å². The van der Waals surface area contributed by atoms with Gasteiger partial charge in [-0.3, -0.25) is 4.79 Å². The highest BCUT2D eigenvalue weighted by Gasteiger charge is 2.38. The Morgan fingerprint density at radius 3 is 2.56 bits per heavy atom. The van der Waals surface area contributed by atoms with Crippen LogP contribution in [-0.4, -0.2) is 25.0 Å². The Morgan fingerprint density at radius 1 is 1.16 bits per heavy atom. The van der Waals surface area contributed by atoms with E-state index in [9.17, 15) is 13.6 Å². The molecular weight excluding hydrogens is 324 g/mol. The number of alkyl halides is 2. The predicted octanol–water partition coefficient (Wildman–Crippen LogP) is 4.65. The standard InChI is InChI=1S/C20H21F2NO2/c1-2-19(24)25-13-15-4-3-5-17(12-15)16-6-8-18(9-7-16)23-11-10-20(21,22)14-23/h3-9,12H,2,10-11,13-14H2,1H3. The zero-order chi connectivity index (χ0) is 17.9. The number of carbonyl (C=O) groups is 1. The molecule has 0 aromatic heterocycles. The Hall–Kier alpha value is -2.43. The fraction of sp³-hybridized carbons (Fsp3) is 0.350. The number of carbonyl (C=O) groups excluding carboxylic acids is 1. The fourth-order valence-electron chi connectivity index (χ4n) is 2.93. The van der Waals surface area contributed by atoms with Gasteiger partial charge in [-0.25, -0.2) is 8.78 Å². The van der Waals surface area contributed by atoms with Crippen LogP contribution in [0.25, 0.3) is 11.1 Å². The van der Waals surface area contributed by atoms with Crippen LogP contribution < -0.4 is 4.90 Å². The third kappa shape index (κ3) is 4.35. The van der Waals surface area contributed by atoms with Crippen LogP contribution >= 0.6 is 0 Å². The molecular formula is C20H21F2NO2. The second-order valence-electron chi connectivity index (χ2n) is 6.29. The van der Waals surface area contributed by atoms with Crippen molar-refractivity contribution >= 4 is 11.7 Å². The van der Waals surface area contributed by atoms with Crippen molar-refractivity contribution in [1.82, 2.24) is 0 Å². The van der Waals surface area contributed by atoms with Gasteiger partial charge in [-0.1, -0.05) is 37.3 Å². The Labute approximate surface area is 146 Å². The fourth-order valence-corrected chi connectivity index (χ4v) is 2.93. The molecule has 1 heterocycles. The molecule has 0 saturated carbocycles. The number of hydrogen-bond donors (Lipinski definition) is 0. The molecule has 0 spiro atoms. The van der Waals surface area contributed by atoms with Gasteiger partial charge in [0, 0.05) is 25.1 Å². The van der Waals surface area contributed by atoms with E-state index in [0.29, 0.717) is 13.0 Å². The van der Waals surface area contributed by atoms with E-state index in [4.69, 9.17) is 4.74 Å². The van der Waals surface area contributed by atoms with Crippen molar-refractivity contribution in [2.24, 2.45) is 0 Å². The van der Waals surface area contributed by atoms with Gasteiger partial charge in [0.2, 0.25) is 0 Å². The van der Waals surface area contributed by atoms with Crippen molar-refractivity contribution in [3.8, 4) is 11.1 Å². The van der Waals surface area contributed by atoms with E-state index in [-0.39, 0.29) is 25.5 Å². The zero-order valence-electron chi connectivity index (χ0n) is 14.2. The molecule has 0 radical (unpaired) electrons. The van der Waals surface area contributed by atoms with Gasteiger partial charge in [-0.05, 0) is 34.9 Å².